The van der Waals surface area contributed by atoms with Crippen LogP contribution in [0, 0.1) is 0 Å². The SMILES string of the molecule is O=c1c2ccsc2nnn1-c1ccccc1. The van der Waals surface area contributed by atoms with Crippen LogP contribution in [0.4, 0.5) is 0 Å². The van der Waals surface area contributed by atoms with Gasteiger partial charge in [-0.2, -0.15) is 4.68 Å². The molecule has 0 aliphatic rings. The second-order valence-electron chi connectivity index (χ2n) is 3.28. The lowest BCUT2D eigenvalue weighted by Gasteiger charge is -2.01. The van der Waals surface area contributed by atoms with Crippen molar-refractivity contribution in [2.75, 3.05) is 0 Å². The summed E-state index contributed by atoms with van der Waals surface area (Å²) < 4.78 is 1.31. The molecule has 0 unspecified atom stereocenters. The van der Waals surface area contributed by atoms with Crippen molar-refractivity contribution in [2.24, 2.45) is 0 Å². The predicted octanol–water partition coefficient (Wildman–Crippen LogP) is 1.84. The Balaban J connectivity index is 2.33. The minimum absolute atomic E-state index is 0.127. The van der Waals surface area contributed by atoms with Crippen LogP contribution < -0.4 is 5.56 Å². The second-order valence-corrected chi connectivity index (χ2v) is 4.18. The van der Waals surface area contributed by atoms with Crippen LogP contribution in [0.2, 0.25) is 0 Å². The standard InChI is InChI=1S/C11H7N3OS/c15-11-9-6-7-16-10(9)12-13-14(11)8-4-2-1-3-5-8/h1-7H. The van der Waals surface area contributed by atoms with Gasteiger partial charge >= 0.3 is 0 Å². The van der Waals surface area contributed by atoms with E-state index >= 15 is 0 Å². The summed E-state index contributed by atoms with van der Waals surface area (Å²) in [7, 11) is 0. The minimum Gasteiger partial charge on any atom is -0.267 e. The zero-order valence-corrected chi connectivity index (χ0v) is 9.02. The summed E-state index contributed by atoms with van der Waals surface area (Å²) in [6.45, 7) is 0. The lowest BCUT2D eigenvalue weighted by atomic mass is 10.3. The van der Waals surface area contributed by atoms with E-state index in [9.17, 15) is 4.79 Å². The van der Waals surface area contributed by atoms with Crippen molar-refractivity contribution >= 4 is 21.6 Å². The first-order chi connectivity index (χ1) is 7.86. The van der Waals surface area contributed by atoms with E-state index in [1.165, 1.54) is 16.0 Å². The van der Waals surface area contributed by atoms with Gasteiger partial charge < -0.3 is 0 Å². The van der Waals surface area contributed by atoms with Gasteiger partial charge in [-0.1, -0.05) is 23.4 Å². The van der Waals surface area contributed by atoms with E-state index in [1.54, 1.807) is 6.07 Å². The molecular formula is C11H7N3OS. The Hall–Kier alpha value is -2.01. The highest BCUT2D eigenvalue weighted by Gasteiger charge is 2.07. The maximum Gasteiger partial charge on any atom is 0.283 e. The Morgan fingerprint density at radius 2 is 1.94 bits per heavy atom. The third-order valence-electron chi connectivity index (χ3n) is 2.29. The van der Waals surface area contributed by atoms with Crippen molar-refractivity contribution in [1.29, 1.82) is 0 Å². The van der Waals surface area contributed by atoms with E-state index in [0.29, 0.717) is 10.2 Å². The van der Waals surface area contributed by atoms with Crippen LogP contribution >= 0.6 is 11.3 Å². The molecule has 4 nitrogen and oxygen atoms in total. The summed E-state index contributed by atoms with van der Waals surface area (Å²) >= 11 is 1.42. The molecule has 2 aromatic heterocycles. The molecule has 0 radical (unpaired) electrons. The molecule has 0 aliphatic carbocycles. The molecule has 3 aromatic rings. The number of rotatable bonds is 1. The molecule has 0 atom stereocenters. The fourth-order valence-electron chi connectivity index (χ4n) is 1.52. The minimum atomic E-state index is -0.127. The Morgan fingerprint density at radius 3 is 2.75 bits per heavy atom. The molecule has 0 amide bonds. The van der Waals surface area contributed by atoms with E-state index in [0.717, 1.165) is 5.69 Å². The quantitative estimate of drug-likeness (QED) is 0.639. The monoisotopic (exact) mass is 229 g/mol. The van der Waals surface area contributed by atoms with Crippen molar-refractivity contribution in [2.45, 2.75) is 0 Å². The molecule has 16 heavy (non-hydrogen) atoms. The van der Waals surface area contributed by atoms with Gasteiger partial charge in [0.15, 0.2) is 4.83 Å². The third kappa shape index (κ3) is 1.33. The maximum absolute atomic E-state index is 12.1. The predicted molar refractivity (Wildman–Crippen MR) is 63.0 cm³/mol. The van der Waals surface area contributed by atoms with Crippen molar-refractivity contribution in [3.8, 4) is 5.69 Å². The van der Waals surface area contributed by atoms with Crippen LogP contribution in [0.3, 0.4) is 0 Å². The average Bonchev–Trinajstić information content (AvgIpc) is 2.80. The van der Waals surface area contributed by atoms with Gasteiger partial charge in [0.1, 0.15) is 0 Å². The summed E-state index contributed by atoms with van der Waals surface area (Å²) in [6, 6.07) is 11.0. The van der Waals surface area contributed by atoms with E-state index in [2.05, 4.69) is 10.3 Å². The summed E-state index contributed by atoms with van der Waals surface area (Å²) in [5, 5.41) is 10.4. The first-order valence-electron chi connectivity index (χ1n) is 4.75. The average molecular weight is 229 g/mol. The van der Waals surface area contributed by atoms with Crippen LogP contribution in [0.1, 0.15) is 0 Å². The van der Waals surface area contributed by atoms with E-state index in [1.807, 2.05) is 35.7 Å². The van der Waals surface area contributed by atoms with Crippen LogP contribution in [0.25, 0.3) is 15.9 Å². The number of thiophene rings is 1. The maximum atomic E-state index is 12.1. The molecule has 78 valence electrons. The fourth-order valence-corrected chi connectivity index (χ4v) is 2.22. The summed E-state index contributed by atoms with van der Waals surface area (Å²) in [6.07, 6.45) is 0. The molecule has 2 heterocycles. The molecule has 3 rings (SSSR count). The highest BCUT2D eigenvalue weighted by Crippen LogP contribution is 2.13. The molecule has 0 bridgehead atoms. The second kappa shape index (κ2) is 3.53. The molecule has 0 saturated carbocycles. The van der Waals surface area contributed by atoms with Gasteiger partial charge in [0, 0.05) is 0 Å². The largest absolute Gasteiger partial charge is 0.283 e. The number of benzene rings is 1. The number of aromatic nitrogens is 3. The third-order valence-corrected chi connectivity index (χ3v) is 3.09. The normalized spacial score (nSPS) is 10.8. The molecular weight excluding hydrogens is 222 g/mol. The van der Waals surface area contributed by atoms with Crippen LogP contribution in [0.5, 0.6) is 0 Å². The summed E-state index contributed by atoms with van der Waals surface area (Å²) in [4.78, 5) is 12.7. The van der Waals surface area contributed by atoms with Gasteiger partial charge in [-0.3, -0.25) is 4.79 Å². The van der Waals surface area contributed by atoms with Crippen LogP contribution in [0.15, 0.2) is 46.6 Å². The summed E-state index contributed by atoms with van der Waals surface area (Å²) in [5.41, 5.74) is 0.602. The fraction of sp³-hybridized carbons (Fsp3) is 0. The molecule has 1 aromatic carbocycles. The molecule has 0 spiro atoms. The van der Waals surface area contributed by atoms with E-state index < -0.39 is 0 Å². The highest BCUT2D eigenvalue weighted by atomic mass is 32.1. The van der Waals surface area contributed by atoms with Crippen molar-refractivity contribution in [1.82, 2.24) is 15.0 Å². The number of para-hydroxylation sites is 1. The Morgan fingerprint density at radius 1 is 1.12 bits per heavy atom. The van der Waals surface area contributed by atoms with Gasteiger partial charge in [-0.25, -0.2) is 0 Å². The number of fused-ring (bicyclic) bond motifs is 1. The van der Waals surface area contributed by atoms with Crippen molar-refractivity contribution in [3.05, 3.63) is 52.1 Å². The highest BCUT2D eigenvalue weighted by molar-refractivity contribution is 7.16. The number of nitrogens with zero attached hydrogens (tertiary/aromatic N) is 3. The van der Waals surface area contributed by atoms with Gasteiger partial charge in [0.2, 0.25) is 0 Å². The van der Waals surface area contributed by atoms with Crippen molar-refractivity contribution in [3.63, 3.8) is 0 Å². The van der Waals surface area contributed by atoms with Gasteiger partial charge in [-0.05, 0) is 23.6 Å². The van der Waals surface area contributed by atoms with E-state index in [-0.39, 0.29) is 5.56 Å². The first-order valence-corrected chi connectivity index (χ1v) is 5.63. The Kier molecular flexibility index (Phi) is 2.04. The van der Waals surface area contributed by atoms with Crippen LogP contribution in [-0.4, -0.2) is 15.0 Å². The lowest BCUT2D eigenvalue weighted by Crippen LogP contribution is -2.21. The smallest absolute Gasteiger partial charge is 0.267 e. The molecule has 0 N–H and O–H groups in total. The molecule has 0 aliphatic heterocycles. The van der Waals surface area contributed by atoms with Crippen molar-refractivity contribution < 1.29 is 0 Å². The molecule has 0 saturated heterocycles. The Bertz CT molecular complexity index is 687. The lowest BCUT2D eigenvalue weighted by molar-refractivity contribution is 0.740. The summed E-state index contributed by atoms with van der Waals surface area (Å²) in [5.74, 6) is 0. The topological polar surface area (TPSA) is 47.8 Å². The number of hydrogen-bond donors (Lipinski definition) is 0. The first kappa shape index (κ1) is 9.23. The molecule has 0 fully saturated rings. The van der Waals surface area contributed by atoms with Gasteiger partial charge in [-0.15, -0.1) is 16.4 Å². The van der Waals surface area contributed by atoms with Gasteiger partial charge in [0.05, 0.1) is 11.1 Å². The van der Waals surface area contributed by atoms with E-state index in [4.69, 9.17) is 0 Å². The Labute approximate surface area is 94.8 Å². The van der Waals surface area contributed by atoms with Crippen LogP contribution in [-0.2, 0) is 0 Å². The molecule has 5 heteroatoms. The zero-order valence-electron chi connectivity index (χ0n) is 8.20. The number of hydrogen-bond acceptors (Lipinski definition) is 4. The van der Waals surface area contributed by atoms with Gasteiger partial charge in [0.25, 0.3) is 5.56 Å². The zero-order chi connectivity index (χ0) is 11.0.